The van der Waals surface area contributed by atoms with Crippen molar-refractivity contribution in [2.45, 2.75) is 19.3 Å². The number of nitrogens with zero attached hydrogens (tertiary/aromatic N) is 2. The van der Waals surface area contributed by atoms with E-state index in [2.05, 4.69) is 222 Å². The number of hydrogen-bond donors (Lipinski definition) is 1. The van der Waals surface area contributed by atoms with Crippen molar-refractivity contribution in [3.05, 3.63) is 205 Å². The molecule has 2 aliphatic rings. The van der Waals surface area contributed by atoms with Crippen molar-refractivity contribution in [3.63, 3.8) is 0 Å². The normalized spacial score (nSPS) is 14.1. The molecular weight excluding hydrogens is 803 g/mol. The van der Waals surface area contributed by atoms with Gasteiger partial charge in [-0.05, 0) is 136 Å². The molecule has 0 saturated heterocycles. The SMILES string of the molecule is CC1(C)c2cc(-c3ccc(-c4ccc5c(c4)c4ccccc4n5C4=CC=CCN4)s3)ccc2-c2ccc(-c3ccc(-c4ccc5c(c4)c4ccccc4n5-c4ccccc4)s3)cc21. The fourth-order valence-electron chi connectivity index (χ4n) is 10.3. The maximum absolute atomic E-state index is 3.57. The Morgan fingerprint density at radius 2 is 0.905 bits per heavy atom. The molecule has 1 N–H and O–H groups in total. The van der Waals surface area contributed by atoms with E-state index in [4.69, 9.17) is 0 Å². The lowest BCUT2D eigenvalue weighted by Crippen LogP contribution is -2.19. The van der Waals surface area contributed by atoms with Crippen molar-refractivity contribution >= 4 is 72.1 Å². The third-order valence-corrected chi connectivity index (χ3v) is 15.8. The molecule has 1 aliphatic heterocycles. The number of para-hydroxylation sites is 3. The van der Waals surface area contributed by atoms with Gasteiger partial charge in [0.2, 0.25) is 0 Å². The van der Waals surface area contributed by atoms with Gasteiger partial charge in [-0.25, -0.2) is 0 Å². The van der Waals surface area contributed by atoms with Gasteiger partial charge in [-0.2, -0.15) is 0 Å². The lowest BCUT2D eigenvalue weighted by atomic mass is 9.81. The summed E-state index contributed by atoms with van der Waals surface area (Å²) in [5, 5.41) is 8.67. The lowest BCUT2D eigenvalue weighted by molar-refractivity contribution is 0.661. The quantitative estimate of drug-likeness (QED) is 0.177. The highest BCUT2D eigenvalue weighted by Gasteiger charge is 2.36. The van der Waals surface area contributed by atoms with Gasteiger partial charge in [-0.15, -0.1) is 22.7 Å². The molecule has 3 nitrogen and oxygen atoms in total. The predicted octanol–water partition coefficient (Wildman–Crippen LogP) is 15.9. The molecule has 4 aromatic heterocycles. The van der Waals surface area contributed by atoms with Crippen LogP contribution < -0.4 is 5.32 Å². The smallest absolute Gasteiger partial charge is 0.111 e. The van der Waals surface area contributed by atoms with Crippen LogP contribution in [0.15, 0.2) is 194 Å². The molecule has 0 saturated carbocycles. The van der Waals surface area contributed by atoms with Gasteiger partial charge >= 0.3 is 0 Å². The van der Waals surface area contributed by atoms with Gasteiger partial charge in [0.05, 0.1) is 22.1 Å². The molecule has 13 rings (SSSR count). The Morgan fingerprint density at radius 3 is 1.44 bits per heavy atom. The largest absolute Gasteiger partial charge is 0.368 e. The summed E-state index contributed by atoms with van der Waals surface area (Å²) >= 11 is 3.76. The zero-order valence-electron chi connectivity index (χ0n) is 34.9. The van der Waals surface area contributed by atoms with E-state index >= 15 is 0 Å². The topological polar surface area (TPSA) is 21.9 Å². The second-order valence-electron chi connectivity index (χ2n) is 17.3. The summed E-state index contributed by atoms with van der Waals surface area (Å²) < 4.78 is 4.74. The van der Waals surface area contributed by atoms with Gasteiger partial charge in [0.1, 0.15) is 5.82 Å². The summed E-state index contributed by atoms with van der Waals surface area (Å²) in [7, 11) is 0. The first kappa shape index (κ1) is 36.5. The van der Waals surface area contributed by atoms with Gasteiger partial charge in [-0.1, -0.05) is 117 Å². The predicted molar refractivity (Wildman–Crippen MR) is 270 cm³/mol. The molecule has 300 valence electrons. The van der Waals surface area contributed by atoms with Gasteiger partial charge in [0, 0.05) is 58.7 Å². The minimum atomic E-state index is -0.132. The highest BCUT2D eigenvalue weighted by molar-refractivity contribution is 7.19. The summed E-state index contributed by atoms with van der Waals surface area (Å²) in [4.78, 5) is 5.15. The summed E-state index contributed by atoms with van der Waals surface area (Å²) in [6.45, 7) is 5.63. The fourth-order valence-corrected chi connectivity index (χ4v) is 12.3. The molecule has 5 heterocycles. The Kier molecular flexibility index (Phi) is 8.06. The number of rotatable bonds is 6. The molecule has 0 spiro atoms. The number of nitrogens with one attached hydrogen (secondary N) is 1. The van der Waals surface area contributed by atoms with Gasteiger partial charge in [0.15, 0.2) is 0 Å². The third kappa shape index (κ3) is 5.63. The minimum Gasteiger partial charge on any atom is -0.368 e. The zero-order valence-corrected chi connectivity index (χ0v) is 36.5. The van der Waals surface area contributed by atoms with E-state index < -0.39 is 0 Å². The van der Waals surface area contributed by atoms with Gasteiger partial charge in [0.25, 0.3) is 0 Å². The molecule has 0 radical (unpaired) electrons. The van der Waals surface area contributed by atoms with Crippen molar-refractivity contribution < 1.29 is 0 Å². The Hall–Kier alpha value is -7.18. The van der Waals surface area contributed by atoms with Crippen LogP contribution in [0.25, 0.3) is 108 Å². The van der Waals surface area contributed by atoms with Gasteiger partial charge < -0.3 is 9.88 Å². The van der Waals surface area contributed by atoms with Crippen molar-refractivity contribution in [3.8, 4) is 58.6 Å². The van der Waals surface area contributed by atoms with Crippen LogP contribution in [0.4, 0.5) is 0 Å². The minimum absolute atomic E-state index is 0.132. The first-order valence-electron chi connectivity index (χ1n) is 21.7. The second kappa shape index (κ2) is 13.9. The van der Waals surface area contributed by atoms with E-state index in [0.717, 1.165) is 12.4 Å². The molecular formula is C58H41N3S2. The number of aromatic nitrogens is 2. The van der Waals surface area contributed by atoms with E-state index in [0.29, 0.717) is 0 Å². The molecule has 0 fully saturated rings. The van der Waals surface area contributed by atoms with Crippen molar-refractivity contribution in [1.82, 2.24) is 14.5 Å². The number of benzene rings is 7. The van der Waals surface area contributed by atoms with Crippen LogP contribution in [0.3, 0.4) is 0 Å². The third-order valence-electron chi connectivity index (χ3n) is 13.4. The van der Waals surface area contributed by atoms with Crippen LogP contribution in [0.1, 0.15) is 25.0 Å². The van der Waals surface area contributed by atoms with Crippen LogP contribution in [0, 0.1) is 0 Å². The standard InChI is InChI=1S/C58H41N3S2/c1-58(2)47-34-38(55-29-27-53(62-55)36-21-25-51-45(32-36)43-14-6-8-16-49(43)60(51)40-12-4-3-5-13-40)19-23-41(47)42-24-20-39(35-48(42)58)56-30-28-54(63-56)37-22-26-52-46(33-37)44-15-7-9-17-50(44)61(52)57-18-10-11-31-59-57/h3-30,32-35,59H,31H2,1-2H3. The van der Waals surface area contributed by atoms with Crippen molar-refractivity contribution in [1.29, 1.82) is 0 Å². The molecule has 11 aromatic rings. The Labute approximate surface area is 374 Å². The molecule has 0 atom stereocenters. The van der Waals surface area contributed by atoms with E-state index in [-0.39, 0.29) is 5.41 Å². The molecule has 0 bridgehead atoms. The summed E-state index contributed by atoms with van der Waals surface area (Å²) in [5.41, 5.74) is 16.5. The maximum atomic E-state index is 3.57. The highest BCUT2D eigenvalue weighted by Crippen LogP contribution is 2.52. The zero-order chi connectivity index (χ0) is 41.8. The van der Waals surface area contributed by atoms with Crippen molar-refractivity contribution in [2.75, 3.05) is 6.54 Å². The molecule has 63 heavy (non-hydrogen) atoms. The number of dihydropyridines is 1. The molecule has 0 unspecified atom stereocenters. The number of hydrogen-bond acceptors (Lipinski definition) is 3. The summed E-state index contributed by atoms with van der Waals surface area (Å²) in [6.07, 6.45) is 6.45. The number of allylic oxidation sites excluding steroid dienone is 2. The van der Waals surface area contributed by atoms with E-state index in [9.17, 15) is 0 Å². The molecule has 1 aliphatic carbocycles. The summed E-state index contributed by atoms with van der Waals surface area (Å²) in [5.74, 6) is 1.11. The summed E-state index contributed by atoms with van der Waals surface area (Å²) in [6, 6.07) is 65.6. The Balaban J connectivity index is 0.804. The van der Waals surface area contributed by atoms with Crippen LogP contribution in [-0.4, -0.2) is 15.7 Å². The molecule has 7 aromatic carbocycles. The van der Waals surface area contributed by atoms with E-state index in [1.807, 2.05) is 22.7 Å². The first-order valence-corrected chi connectivity index (χ1v) is 23.3. The average molecular weight is 844 g/mol. The van der Waals surface area contributed by atoms with Crippen molar-refractivity contribution in [2.24, 2.45) is 0 Å². The monoisotopic (exact) mass is 843 g/mol. The maximum Gasteiger partial charge on any atom is 0.111 e. The lowest BCUT2D eigenvalue weighted by Gasteiger charge is -2.22. The van der Waals surface area contributed by atoms with E-state index in [1.54, 1.807) is 0 Å². The second-order valence-corrected chi connectivity index (χ2v) is 19.5. The first-order chi connectivity index (χ1) is 31.0. The fraction of sp³-hybridized carbons (Fsp3) is 0.0690. The molecule has 0 amide bonds. The van der Waals surface area contributed by atoms with Gasteiger partial charge in [-0.3, -0.25) is 4.57 Å². The van der Waals surface area contributed by atoms with Crippen LogP contribution in [0.2, 0.25) is 0 Å². The van der Waals surface area contributed by atoms with Crippen LogP contribution in [0.5, 0.6) is 0 Å². The average Bonchev–Trinajstić information content (AvgIpc) is 4.18. The number of thiophene rings is 2. The highest BCUT2D eigenvalue weighted by atomic mass is 32.1. The molecule has 5 heteroatoms. The van der Waals surface area contributed by atoms with E-state index in [1.165, 1.54) is 113 Å². The van der Waals surface area contributed by atoms with Crippen LogP contribution in [-0.2, 0) is 5.41 Å². The van der Waals surface area contributed by atoms with Crippen LogP contribution >= 0.6 is 22.7 Å². The Bertz CT molecular complexity index is 3720. The number of fused-ring (bicyclic) bond motifs is 9. The Morgan fingerprint density at radius 1 is 0.444 bits per heavy atom.